The minimum Gasteiger partial charge on any atom is -0.497 e. The van der Waals surface area contributed by atoms with Gasteiger partial charge in [0.2, 0.25) is 0 Å². The van der Waals surface area contributed by atoms with E-state index in [-0.39, 0.29) is 9.96 Å². The van der Waals surface area contributed by atoms with Gasteiger partial charge in [-0.15, -0.1) is 11.3 Å². The molecule has 9 heteroatoms. The molecule has 156 valence electrons. The Kier molecular flexibility index (Phi) is 5.73. The predicted octanol–water partition coefficient (Wildman–Crippen LogP) is 4.79. The van der Waals surface area contributed by atoms with Gasteiger partial charge < -0.3 is 9.47 Å². The first kappa shape index (κ1) is 20.7. The molecule has 4 aromatic rings. The summed E-state index contributed by atoms with van der Waals surface area (Å²) >= 11 is 6.98. The van der Waals surface area contributed by atoms with Crippen LogP contribution in [0.4, 0.5) is 0 Å². The van der Waals surface area contributed by atoms with Gasteiger partial charge in [0.25, 0.3) is 0 Å². The highest BCUT2D eigenvalue weighted by Crippen LogP contribution is 2.33. The summed E-state index contributed by atoms with van der Waals surface area (Å²) in [6.45, 7) is 0.464. The molecule has 0 radical (unpaired) electrons. The summed E-state index contributed by atoms with van der Waals surface area (Å²) in [5.41, 5.74) is 2.22. The van der Waals surface area contributed by atoms with Crippen molar-refractivity contribution < 1.29 is 17.9 Å². The lowest BCUT2D eigenvalue weighted by Gasteiger charge is -2.07. The van der Waals surface area contributed by atoms with Crippen LogP contribution in [0.2, 0.25) is 4.34 Å². The van der Waals surface area contributed by atoms with Crippen LogP contribution in [0.3, 0.4) is 0 Å². The number of thiophene rings is 1. The Labute approximate surface area is 183 Å². The van der Waals surface area contributed by atoms with Crippen molar-refractivity contribution in [2.75, 3.05) is 14.2 Å². The first-order valence-corrected chi connectivity index (χ1v) is 11.9. The summed E-state index contributed by atoms with van der Waals surface area (Å²) < 4.78 is 39.2. The molecule has 30 heavy (non-hydrogen) atoms. The van der Waals surface area contributed by atoms with Crippen LogP contribution in [0.5, 0.6) is 11.5 Å². The van der Waals surface area contributed by atoms with Gasteiger partial charge in [-0.1, -0.05) is 29.8 Å². The van der Waals surface area contributed by atoms with Crippen molar-refractivity contribution in [3.8, 4) is 11.5 Å². The van der Waals surface area contributed by atoms with E-state index < -0.39 is 9.84 Å². The Morgan fingerprint density at radius 1 is 1.07 bits per heavy atom. The summed E-state index contributed by atoms with van der Waals surface area (Å²) in [5, 5.41) is 5.34. The Hall–Kier alpha value is -2.55. The number of methoxy groups -OCH3 is 2. The van der Waals surface area contributed by atoms with E-state index in [2.05, 4.69) is 5.10 Å². The van der Waals surface area contributed by atoms with E-state index in [0.717, 1.165) is 28.2 Å². The van der Waals surface area contributed by atoms with Gasteiger partial charge in [-0.3, -0.25) is 4.68 Å². The van der Waals surface area contributed by atoms with E-state index >= 15 is 0 Å². The maximum Gasteiger partial charge on any atom is 0.193 e. The maximum atomic E-state index is 13.0. The van der Waals surface area contributed by atoms with E-state index in [1.807, 2.05) is 36.4 Å². The number of aromatic nitrogens is 2. The number of hydrogen-bond acceptors (Lipinski definition) is 6. The molecule has 0 aliphatic heterocycles. The molecule has 2 aromatic carbocycles. The average molecular weight is 463 g/mol. The fourth-order valence-electron chi connectivity index (χ4n) is 3.33. The van der Waals surface area contributed by atoms with E-state index in [1.165, 1.54) is 6.07 Å². The highest BCUT2D eigenvalue weighted by molar-refractivity contribution is 7.92. The highest BCUT2D eigenvalue weighted by atomic mass is 35.5. The summed E-state index contributed by atoms with van der Waals surface area (Å²) in [6.07, 6.45) is 0. The Morgan fingerprint density at radius 3 is 2.57 bits per heavy atom. The third-order valence-electron chi connectivity index (χ3n) is 4.68. The third-order valence-corrected chi connectivity index (χ3v) is 8.12. The summed E-state index contributed by atoms with van der Waals surface area (Å²) in [7, 11) is -0.417. The number of benzene rings is 2. The van der Waals surface area contributed by atoms with Crippen molar-refractivity contribution in [2.45, 2.75) is 16.5 Å². The van der Waals surface area contributed by atoms with Crippen LogP contribution in [0, 0.1) is 0 Å². The van der Waals surface area contributed by atoms with Gasteiger partial charge >= 0.3 is 0 Å². The molecule has 0 saturated carbocycles. The molecular weight excluding hydrogens is 444 g/mol. The van der Waals surface area contributed by atoms with Crippen LogP contribution in [0.25, 0.3) is 10.9 Å². The molecule has 0 amide bonds. The van der Waals surface area contributed by atoms with Gasteiger partial charge in [0.15, 0.2) is 9.84 Å². The number of sulfone groups is 1. The monoisotopic (exact) mass is 462 g/mol. The molecule has 0 saturated heterocycles. The minimum absolute atomic E-state index is 0.220. The van der Waals surface area contributed by atoms with Crippen LogP contribution in [-0.2, 0) is 22.1 Å². The van der Waals surface area contributed by atoms with E-state index in [1.54, 1.807) is 31.0 Å². The second kappa shape index (κ2) is 8.29. The van der Waals surface area contributed by atoms with Gasteiger partial charge in [-0.2, -0.15) is 5.10 Å². The lowest BCUT2D eigenvalue weighted by molar-refractivity contribution is 0.414. The molecule has 0 atom stereocenters. The molecular formula is C21H19ClN2O4S2. The second-order valence-corrected chi connectivity index (χ2v) is 10.6. The molecule has 0 N–H and O–H groups in total. The van der Waals surface area contributed by atoms with Gasteiger partial charge in [0, 0.05) is 0 Å². The number of rotatable bonds is 7. The molecule has 2 heterocycles. The van der Waals surface area contributed by atoms with Crippen LogP contribution in [0.15, 0.2) is 58.8 Å². The van der Waals surface area contributed by atoms with Crippen LogP contribution < -0.4 is 9.47 Å². The van der Waals surface area contributed by atoms with Crippen LogP contribution >= 0.6 is 22.9 Å². The lowest BCUT2D eigenvalue weighted by atomic mass is 10.2. The van der Waals surface area contributed by atoms with E-state index in [9.17, 15) is 8.42 Å². The zero-order valence-corrected chi connectivity index (χ0v) is 18.7. The Morgan fingerprint density at radius 2 is 1.87 bits per heavy atom. The Bertz CT molecular complexity index is 1310. The zero-order chi connectivity index (χ0) is 21.3. The fourth-order valence-corrected chi connectivity index (χ4v) is 6.17. The van der Waals surface area contributed by atoms with Gasteiger partial charge in [0.1, 0.15) is 21.5 Å². The zero-order valence-electron chi connectivity index (χ0n) is 16.3. The van der Waals surface area contributed by atoms with Crippen molar-refractivity contribution in [3.05, 3.63) is 70.2 Å². The summed E-state index contributed by atoms with van der Waals surface area (Å²) in [4.78, 5) is 0. The molecule has 0 aliphatic carbocycles. The molecule has 0 unspecified atom stereocenters. The van der Waals surface area contributed by atoms with Crippen molar-refractivity contribution in [3.63, 3.8) is 0 Å². The maximum absolute atomic E-state index is 13.0. The molecule has 6 nitrogen and oxygen atoms in total. The minimum atomic E-state index is -3.60. The molecule has 2 aromatic heterocycles. The number of nitrogens with zero attached hydrogens (tertiary/aromatic N) is 2. The molecule has 0 aliphatic rings. The summed E-state index contributed by atoms with van der Waals surface area (Å²) in [6, 6.07) is 16.4. The standard InChI is InChI=1S/C21H19ClN2O4S2/c1-27-15-6-3-5-14(11-15)12-24-17-7-4-8-18(28-2)21(17)16(23-24)13-30(25,26)20-10-9-19(22)29-20/h3-11H,12-13H2,1-2H3. The largest absolute Gasteiger partial charge is 0.497 e. The second-order valence-electron chi connectivity index (χ2n) is 6.63. The SMILES string of the molecule is COc1cccc(Cn2nc(CS(=O)(=O)c3ccc(Cl)s3)c3c(OC)cccc32)c1. The number of halogens is 1. The van der Waals surface area contributed by atoms with Gasteiger partial charge in [-0.25, -0.2) is 8.42 Å². The number of hydrogen-bond donors (Lipinski definition) is 0. The molecule has 0 fully saturated rings. The normalized spacial score (nSPS) is 11.7. The topological polar surface area (TPSA) is 70.4 Å². The van der Waals surface area contributed by atoms with Crippen molar-refractivity contribution in [1.29, 1.82) is 0 Å². The van der Waals surface area contributed by atoms with Crippen LogP contribution in [-0.4, -0.2) is 32.4 Å². The quantitative estimate of drug-likeness (QED) is 0.395. The van der Waals surface area contributed by atoms with Crippen molar-refractivity contribution in [2.24, 2.45) is 0 Å². The highest BCUT2D eigenvalue weighted by Gasteiger charge is 2.24. The number of fused-ring (bicyclic) bond motifs is 1. The van der Waals surface area contributed by atoms with Crippen molar-refractivity contribution >= 4 is 43.7 Å². The fraction of sp³-hybridized carbons (Fsp3) is 0.190. The molecule has 0 bridgehead atoms. The van der Waals surface area contributed by atoms with Crippen molar-refractivity contribution in [1.82, 2.24) is 9.78 Å². The number of ether oxygens (including phenoxy) is 2. The molecule has 4 rings (SSSR count). The summed E-state index contributed by atoms with van der Waals surface area (Å²) in [5.74, 6) is 1.09. The van der Waals surface area contributed by atoms with E-state index in [4.69, 9.17) is 21.1 Å². The predicted molar refractivity (Wildman–Crippen MR) is 119 cm³/mol. The first-order chi connectivity index (χ1) is 14.4. The molecule has 0 spiro atoms. The van der Waals surface area contributed by atoms with Gasteiger partial charge in [-0.05, 0) is 42.0 Å². The van der Waals surface area contributed by atoms with Gasteiger partial charge in [0.05, 0.1) is 41.7 Å². The first-order valence-electron chi connectivity index (χ1n) is 9.04. The smallest absolute Gasteiger partial charge is 0.193 e. The van der Waals surface area contributed by atoms with Crippen LogP contribution in [0.1, 0.15) is 11.3 Å². The van der Waals surface area contributed by atoms with E-state index in [0.29, 0.717) is 27.7 Å². The third kappa shape index (κ3) is 4.03. The lowest BCUT2D eigenvalue weighted by Crippen LogP contribution is -2.06. The average Bonchev–Trinajstić information content (AvgIpc) is 3.32. The Balaban J connectivity index is 1.79.